The van der Waals surface area contributed by atoms with Gasteiger partial charge in [0.2, 0.25) is 0 Å². The standard InChI is InChI=1S/C10H20BrN/c1-10(2,3)9-4-8(5-11)6-12-7-9/h8-9,12H,4-7H2,1-3H3/t8-,9-/m0/s1. The maximum atomic E-state index is 3.57. The maximum Gasteiger partial charge on any atom is 0.00719 e. The Labute approximate surface area is 84.4 Å². The molecule has 0 aliphatic carbocycles. The molecule has 1 aliphatic heterocycles. The molecule has 1 rings (SSSR count). The summed E-state index contributed by atoms with van der Waals surface area (Å²) in [5.41, 5.74) is 0.466. The summed E-state index contributed by atoms with van der Waals surface area (Å²) in [4.78, 5) is 0. The summed E-state index contributed by atoms with van der Waals surface area (Å²) in [5, 5.41) is 4.66. The van der Waals surface area contributed by atoms with E-state index in [-0.39, 0.29) is 0 Å². The fraction of sp³-hybridized carbons (Fsp3) is 1.00. The highest BCUT2D eigenvalue weighted by Crippen LogP contribution is 2.33. The number of piperidine rings is 1. The van der Waals surface area contributed by atoms with Crippen LogP contribution < -0.4 is 5.32 Å². The smallest absolute Gasteiger partial charge is 0.00719 e. The molecule has 0 saturated carbocycles. The van der Waals surface area contributed by atoms with Gasteiger partial charge in [-0.25, -0.2) is 0 Å². The van der Waals surface area contributed by atoms with Crippen LogP contribution in [0.2, 0.25) is 0 Å². The Bertz CT molecular complexity index is 139. The van der Waals surface area contributed by atoms with Gasteiger partial charge in [-0.05, 0) is 36.8 Å². The van der Waals surface area contributed by atoms with Crippen LogP contribution >= 0.6 is 15.9 Å². The maximum absolute atomic E-state index is 3.57. The first kappa shape index (κ1) is 10.5. The van der Waals surface area contributed by atoms with Crippen molar-refractivity contribution in [2.75, 3.05) is 18.4 Å². The Morgan fingerprint density at radius 3 is 2.50 bits per heavy atom. The molecule has 0 spiro atoms. The molecule has 2 heteroatoms. The van der Waals surface area contributed by atoms with Crippen molar-refractivity contribution in [3.8, 4) is 0 Å². The quantitative estimate of drug-likeness (QED) is 0.688. The summed E-state index contributed by atoms with van der Waals surface area (Å²) in [5.74, 6) is 1.68. The Kier molecular flexibility index (Phi) is 3.59. The first-order valence-electron chi connectivity index (χ1n) is 4.80. The van der Waals surface area contributed by atoms with E-state index in [1.807, 2.05) is 0 Å². The fourth-order valence-corrected chi connectivity index (χ4v) is 2.30. The van der Waals surface area contributed by atoms with Crippen LogP contribution in [0.1, 0.15) is 27.2 Å². The number of hydrogen-bond acceptors (Lipinski definition) is 1. The van der Waals surface area contributed by atoms with Crippen LogP contribution in [-0.2, 0) is 0 Å². The number of rotatable bonds is 1. The van der Waals surface area contributed by atoms with Crippen LogP contribution in [0.5, 0.6) is 0 Å². The molecule has 1 heterocycles. The second kappa shape index (κ2) is 4.10. The Morgan fingerprint density at radius 1 is 1.33 bits per heavy atom. The lowest BCUT2D eigenvalue weighted by atomic mass is 9.74. The molecule has 0 unspecified atom stereocenters. The molecule has 1 saturated heterocycles. The van der Waals surface area contributed by atoms with Crippen LogP contribution in [-0.4, -0.2) is 18.4 Å². The SMILES string of the molecule is CC(C)(C)[C@@H]1CNC[C@H](CBr)C1. The van der Waals surface area contributed by atoms with Crippen molar-refractivity contribution < 1.29 is 0 Å². The molecule has 1 fully saturated rings. The predicted octanol–water partition coefficient (Wildman–Crippen LogP) is 2.65. The zero-order valence-corrected chi connectivity index (χ0v) is 9.95. The molecule has 0 bridgehead atoms. The van der Waals surface area contributed by atoms with E-state index < -0.39 is 0 Å². The number of halogens is 1. The van der Waals surface area contributed by atoms with Gasteiger partial charge < -0.3 is 5.32 Å². The van der Waals surface area contributed by atoms with Gasteiger partial charge in [-0.2, -0.15) is 0 Å². The lowest BCUT2D eigenvalue weighted by molar-refractivity contribution is 0.165. The van der Waals surface area contributed by atoms with E-state index in [1.54, 1.807) is 0 Å². The monoisotopic (exact) mass is 233 g/mol. The summed E-state index contributed by atoms with van der Waals surface area (Å²) in [6.07, 6.45) is 1.38. The van der Waals surface area contributed by atoms with Crippen molar-refractivity contribution in [3.05, 3.63) is 0 Å². The minimum Gasteiger partial charge on any atom is -0.316 e. The largest absolute Gasteiger partial charge is 0.316 e. The van der Waals surface area contributed by atoms with Gasteiger partial charge in [0.25, 0.3) is 0 Å². The molecule has 1 nitrogen and oxygen atoms in total. The van der Waals surface area contributed by atoms with Gasteiger partial charge in [-0.3, -0.25) is 0 Å². The highest BCUT2D eigenvalue weighted by Gasteiger charge is 2.29. The Hall–Kier alpha value is 0.440. The second-order valence-corrected chi connectivity index (χ2v) is 5.62. The molecule has 0 radical (unpaired) electrons. The van der Waals surface area contributed by atoms with Crippen LogP contribution in [0.15, 0.2) is 0 Å². The number of nitrogens with one attached hydrogen (secondary N) is 1. The van der Waals surface area contributed by atoms with Gasteiger partial charge in [0.05, 0.1) is 0 Å². The molecule has 72 valence electrons. The lowest BCUT2D eigenvalue weighted by Gasteiger charge is -2.37. The first-order chi connectivity index (χ1) is 5.54. The molecule has 0 aromatic carbocycles. The second-order valence-electron chi connectivity index (χ2n) is 4.98. The normalized spacial score (nSPS) is 32.0. The highest BCUT2D eigenvalue weighted by atomic mass is 79.9. The molecule has 1 aliphatic rings. The predicted molar refractivity (Wildman–Crippen MR) is 57.7 cm³/mol. The molecule has 1 N–H and O–H groups in total. The van der Waals surface area contributed by atoms with Crippen molar-refractivity contribution in [3.63, 3.8) is 0 Å². The molecule has 0 amide bonds. The summed E-state index contributed by atoms with van der Waals surface area (Å²) >= 11 is 3.57. The van der Waals surface area contributed by atoms with E-state index >= 15 is 0 Å². The zero-order valence-electron chi connectivity index (χ0n) is 8.36. The molecule has 0 aromatic heterocycles. The lowest BCUT2D eigenvalue weighted by Crippen LogP contribution is -2.42. The van der Waals surface area contributed by atoms with Gasteiger partial charge in [-0.15, -0.1) is 0 Å². The molecule has 2 atom stereocenters. The van der Waals surface area contributed by atoms with Crippen molar-refractivity contribution in [2.24, 2.45) is 17.3 Å². The van der Waals surface area contributed by atoms with Crippen molar-refractivity contribution in [1.29, 1.82) is 0 Å². The van der Waals surface area contributed by atoms with E-state index in [2.05, 4.69) is 42.0 Å². The van der Waals surface area contributed by atoms with Crippen LogP contribution in [0, 0.1) is 17.3 Å². The molecular formula is C10H20BrN. The van der Waals surface area contributed by atoms with E-state index in [0.717, 1.165) is 17.2 Å². The van der Waals surface area contributed by atoms with Gasteiger partial charge in [0, 0.05) is 5.33 Å². The average Bonchev–Trinajstić information content (AvgIpc) is 2.03. The van der Waals surface area contributed by atoms with Gasteiger partial charge in [0.15, 0.2) is 0 Å². The average molecular weight is 234 g/mol. The Morgan fingerprint density at radius 2 is 2.00 bits per heavy atom. The van der Waals surface area contributed by atoms with Gasteiger partial charge in [0.1, 0.15) is 0 Å². The summed E-state index contributed by atoms with van der Waals surface area (Å²) in [6.45, 7) is 9.42. The summed E-state index contributed by atoms with van der Waals surface area (Å²) in [7, 11) is 0. The Balaban J connectivity index is 2.46. The van der Waals surface area contributed by atoms with Gasteiger partial charge in [-0.1, -0.05) is 36.7 Å². The summed E-state index contributed by atoms with van der Waals surface area (Å²) < 4.78 is 0. The van der Waals surface area contributed by atoms with Gasteiger partial charge >= 0.3 is 0 Å². The molecule has 12 heavy (non-hydrogen) atoms. The minimum absolute atomic E-state index is 0.466. The fourth-order valence-electron chi connectivity index (χ4n) is 1.81. The molecule has 0 aromatic rings. The highest BCUT2D eigenvalue weighted by molar-refractivity contribution is 9.09. The van der Waals surface area contributed by atoms with E-state index in [4.69, 9.17) is 0 Å². The van der Waals surface area contributed by atoms with E-state index in [0.29, 0.717) is 5.41 Å². The minimum atomic E-state index is 0.466. The third kappa shape index (κ3) is 2.74. The van der Waals surface area contributed by atoms with Crippen LogP contribution in [0.25, 0.3) is 0 Å². The number of alkyl halides is 1. The van der Waals surface area contributed by atoms with Crippen molar-refractivity contribution >= 4 is 15.9 Å². The zero-order chi connectivity index (χ0) is 9.19. The first-order valence-corrected chi connectivity index (χ1v) is 5.93. The molecular weight excluding hydrogens is 214 g/mol. The van der Waals surface area contributed by atoms with Crippen molar-refractivity contribution in [2.45, 2.75) is 27.2 Å². The third-order valence-corrected chi connectivity index (χ3v) is 3.80. The van der Waals surface area contributed by atoms with E-state index in [1.165, 1.54) is 19.5 Å². The third-order valence-electron chi connectivity index (χ3n) is 2.88. The van der Waals surface area contributed by atoms with Crippen LogP contribution in [0.3, 0.4) is 0 Å². The van der Waals surface area contributed by atoms with Crippen molar-refractivity contribution in [1.82, 2.24) is 5.32 Å². The summed E-state index contributed by atoms with van der Waals surface area (Å²) in [6, 6.07) is 0. The topological polar surface area (TPSA) is 12.0 Å². The van der Waals surface area contributed by atoms with E-state index in [9.17, 15) is 0 Å². The van der Waals surface area contributed by atoms with Crippen LogP contribution in [0.4, 0.5) is 0 Å². The number of hydrogen-bond donors (Lipinski definition) is 1.